The van der Waals surface area contributed by atoms with Crippen LogP contribution in [0.2, 0.25) is 0 Å². The van der Waals surface area contributed by atoms with Crippen molar-refractivity contribution in [2.75, 3.05) is 18.9 Å². The Morgan fingerprint density at radius 1 is 1.17 bits per heavy atom. The molecule has 0 aliphatic carbocycles. The Balaban J connectivity index is 1.92. The summed E-state index contributed by atoms with van der Waals surface area (Å²) >= 11 is 0. The molecule has 0 amide bonds. The second kappa shape index (κ2) is 4.25. The van der Waals surface area contributed by atoms with Crippen molar-refractivity contribution in [3.8, 4) is 11.5 Å². The van der Waals surface area contributed by atoms with Gasteiger partial charge in [0, 0.05) is 12.0 Å². The molecule has 1 aromatic carbocycles. The number of anilines is 1. The summed E-state index contributed by atoms with van der Waals surface area (Å²) in [7, 11) is 0. The molecule has 3 rings (SSSR count). The first kappa shape index (κ1) is 11.0. The minimum Gasteiger partial charge on any atom is -0.486 e. The van der Waals surface area contributed by atoms with Crippen molar-refractivity contribution in [1.29, 1.82) is 0 Å². The van der Waals surface area contributed by atoms with E-state index in [9.17, 15) is 0 Å². The van der Waals surface area contributed by atoms with E-state index in [0.717, 1.165) is 22.8 Å². The minimum atomic E-state index is 0.0990. The highest BCUT2D eigenvalue weighted by molar-refractivity contribution is 5.46. The Bertz CT molecular complexity index is 565. The van der Waals surface area contributed by atoms with Gasteiger partial charge in [0.15, 0.2) is 11.5 Å². The quantitative estimate of drug-likeness (QED) is 0.879. The topological polar surface area (TPSA) is 70.5 Å². The number of benzene rings is 1. The fourth-order valence-corrected chi connectivity index (χ4v) is 2.01. The number of nitrogens with two attached hydrogens (primary N) is 1. The van der Waals surface area contributed by atoms with Gasteiger partial charge in [-0.15, -0.1) is 0 Å². The second-order valence-electron chi connectivity index (χ2n) is 4.28. The van der Waals surface area contributed by atoms with Crippen LogP contribution >= 0.6 is 0 Å². The first-order chi connectivity index (χ1) is 8.74. The highest BCUT2D eigenvalue weighted by Crippen LogP contribution is 2.34. The van der Waals surface area contributed by atoms with Crippen LogP contribution < -0.4 is 15.2 Å². The predicted molar refractivity (Wildman–Crippen MR) is 65.9 cm³/mol. The lowest BCUT2D eigenvalue weighted by atomic mass is 9.97. The average Bonchev–Trinajstić information content (AvgIpc) is 2.84. The van der Waals surface area contributed by atoms with Gasteiger partial charge in [-0.1, -0.05) is 18.1 Å². The zero-order chi connectivity index (χ0) is 12.5. The van der Waals surface area contributed by atoms with Crippen LogP contribution in [0.5, 0.6) is 11.5 Å². The molecule has 0 spiro atoms. The third-order valence-electron chi connectivity index (χ3n) is 3.06. The Morgan fingerprint density at radius 2 is 1.94 bits per heavy atom. The molecule has 18 heavy (non-hydrogen) atoms. The van der Waals surface area contributed by atoms with Crippen molar-refractivity contribution in [2.24, 2.45) is 0 Å². The average molecular weight is 246 g/mol. The minimum absolute atomic E-state index is 0.0990. The van der Waals surface area contributed by atoms with E-state index in [1.165, 1.54) is 0 Å². The van der Waals surface area contributed by atoms with Crippen molar-refractivity contribution >= 4 is 5.88 Å². The fraction of sp³-hybridized carbons (Fsp3) is 0.308. The number of ether oxygens (including phenoxy) is 2. The molecule has 0 fully saturated rings. The summed E-state index contributed by atoms with van der Waals surface area (Å²) in [6, 6.07) is 7.64. The van der Waals surface area contributed by atoms with Gasteiger partial charge < -0.3 is 19.7 Å². The Labute approximate surface area is 104 Å². The lowest BCUT2D eigenvalue weighted by molar-refractivity contribution is 0.171. The van der Waals surface area contributed by atoms with Crippen LogP contribution in [0.1, 0.15) is 24.1 Å². The van der Waals surface area contributed by atoms with Crippen LogP contribution in [0, 0.1) is 0 Å². The van der Waals surface area contributed by atoms with Gasteiger partial charge in [0.2, 0.25) is 5.88 Å². The number of rotatable bonds is 2. The van der Waals surface area contributed by atoms with Crippen LogP contribution in [-0.2, 0) is 0 Å². The molecule has 0 bridgehead atoms. The standard InChI is InChI=1S/C13H14N2O3/c1-8(10-7-13(14)18-15-10)9-2-3-11-12(6-9)17-5-4-16-11/h2-3,6-8H,4-5,14H2,1H3. The van der Waals surface area contributed by atoms with E-state index < -0.39 is 0 Å². The Morgan fingerprint density at radius 3 is 2.67 bits per heavy atom. The molecule has 0 radical (unpaired) electrons. The van der Waals surface area contributed by atoms with E-state index in [4.69, 9.17) is 19.7 Å². The van der Waals surface area contributed by atoms with Crippen LogP contribution in [0.4, 0.5) is 5.88 Å². The zero-order valence-electron chi connectivity index (χ0n) is 10.1. The largest absolute Gasteiger partial charge is 0.486 e. The van der Waals surface area contributed by atoms with Gasteiger partial charge in [-0.2, -0.15) is 0 Å². The molecule has 5 nitrogen and oxygen atoms in total. The molecule has 1 aromatic heterocycles. The van der Waals surface area contributed by atoms with Gasteiger partial charge in [-0.25, -0.2) is 0 Å². The molecule has 1 atom stereocenters. The number of aromatic nitrogens is 1. The maximum absolute atomic E-state index is 5.56. The summed E-state index contributed by atoms with van der Waals surface area (Å²) in [5.74, 6) is 2.00. The molecule has 0 saturated carbocycles. The highest BCUT2D eigenvalue weighted by atomic mass is 16.6. The van der Waals surface area contributed by atoms with Crippen molar-refractivity contribution in [3.05, 3.63) is 35.5 Å². The molecule has 2 heterocycles. The number of fused-ring (bicyclic) bond motifs is 1. The monoisotopic (exact) mass is 246 g/mol. The summed E-state index contributed by atoms with van der Waals surface area (Å²) in [6.07, 6.45) is 0. The number of hydrogen-bond donors (Lipinski definition) is 1. The molecule has 2 N–H and O–H groups in total. The SMILES string of the molecule is CC(c1ccc2c(c1)OCCO2)c1cc(N)on1. The highest BCUT2D eigenvalue weighted by Gasteiger charge is 2.17. The number of hydrogen-bond acceptors (Lipinski definition) is 5. The Hall–Kier alpha value is -2.17. The first-order valence-electron chi connectivity index (χ1n) is 5.85. The van der Waals surface area contributed by atoms with Crippen molar-refractivity contribution in [2.45, 2.75) is 12.8 Å². The molecule has 1 aliphatic rings. The Kier molecular flexibility index (Phi) is 2.59. The molecule has 5 heteroatoms. The summed E-state index contributed by atoms with van der Waals surface area (Å²) in [5, 5.41) is 3.93. The van der Waals surface area contributed by atoms with Gasteiger partial charge in [0.25, 0.3) is 0 Å². The summed E-state index contributed by atoms with van der Waals surface area (Å²) in [5.41, 5.74) is 7.43. The summed E-state index contributed by atoms with van der Waals surface area (Å²) < 4.78 is 15.9. The molecule has 1 aliphatic heterocycles. The van der Waals surface area contributed by atoms with Gasteiger partial charge in [0.05, 0.1) is 5.69 Å². The smallest absolute Gasteiger partial charge is 0.222 e. The summed E-state index contributed by atoms with van der Waals surface area (Å²) in [6.45, 7) is 3.23. The molecule has 1 unspecified atom stereocenters. The molecule has 0 saturated heterocycles. The summed E-state index contributed by atoms with van der Waals surface area (Å²) in [4.78, 5) is 0. The van der Waals surface area contributed by atoms with Crippen molar-refractivity contribution in [3.63, 3.8) is 0 Å². The maximum Gasteiger partial charge on any atom is 0.222 e. The normalized spacial score (nSPS) is 15.4. The molecular weight excluding hydrogens is 232 g/mol. The predicted octanol–water partition coefficient (Wildman–Crippen LogP) is 2.18. The number of nitrogens with zero attached hydrogens (tertiary/aromatic N) is 1. The van der Waals surface area contributed by atoms with Crippen molar-refractivity contribution in [1.82, 2.24) is 5.16 Å². The van der Waals surface area contributed by atoms with E-state index in [1.54, 1.807) is 6.07 Å². The van der Waals surface area contributed by atoms with Gasteiger partial charge in [-0.05, 0) is 17.7 Å². The van der Waals surface area contributed by atoms with Crippen molar-refractivity contribution < 1.29 is 14.0 Å². The van der Waals surface area contributed by atoms with Gasteiger partial charge >= 0.3 is 0 Å². The third kappa shape index (κ3) is 1.88. The van der Waals surface area contributed by atoms with Gasteiger partial charge in [-0.3, -0.25) is 0 Å². The van der Waals surface area contributed by atoms with E-state index in [-0.39, 0.29) is 5.92 Å². The van der Waals surface area contributed by atoms with Crippen LogP contribution in [0.25, 0.3) is 0 Å². The van der Waals surface area contributed by atoms with Crippen LogP contribution in [0.15, 0.2) is 28.8 Å². The fourth-order valence-electron chi connectivity index (χ4n) is 2.01. The lowest BCUT2D eigenvalue weighted by Gasteiger charge is -2.20. The zero-order valence-corrected chi connectivity index (χ0v) is 10.1. The van der Waals surface area contributed by atoms with E-state index in [1.807, 2.05) is 25.1 Å². The van der Waals surface area contributed by atoms with E-state index in [2.05, 4.69) is 5.16 Å². The van der Waals surface area contributed by atoms with E-state index in [0.29, 0.717) is 19.1 Å². The first-order valence-corrected chi connectivity index (χ1v) is 5.85. The molecule has 2 aromatic rings. The van der Waals surface area contributed by atoms with Crippen LogP contribution in [-0.4, -0.2) is 18.4 Å². The van der Waals surface area contributed by atoms with Gasteiger partial charge in [0.1, 0.15) is 13.2 Å². The number of nitrogen functional groups attached to an aromatic ring is 1. The molecular formula is C13H14N2O3. The molecule has 94 valence electrons. The lowest BCUT2D eigenvalue weighted by Crippen LogP contribution is -2.15. The van der Waals surface area contributed by atoms with Crippen LogP contribution in [0.3, 0.4) is 0 Å². The second-order valence-corrected chi connectivity index (χ2v) is 4.28. The maximum atomic E-state index is 5.56. The third-order valence-corrected chi connectivity index (χ3v) is 3.06. The van der Waals surface area contributed by atoms with E-state index >= 15 is 0 Å².